The first kappa shape index (κ1) is 12.7. The van der Waals surface area contributed by atoms with E-state index in [0.717, 1.165) is 37.2 Å². The summed E-state index contributed by atoms with van der Waals surface area (Å²) >= 11 is 0. The summed E-state index contributed by atoms with van der Waals surface area (Å²) in [6.45, 7) is 0.809. The Hall–Kier alpha value is -2.29. The highest BCUT2D eigenvalue weighted by Gasteiger charge is 2.10. The van der Waals surface area contributed by atoms with Crippen LogP contribution in [0.2, 0.25) is 0 Å². The molecule has 0 atom stereocenters. The Morgan fingerprint density at radius 3 is 2.60 bits per heavy atom. The minimum Gasteiger partial charge on any atom is -0.493 e. The van der Waals surface area contributed by atoms with Gasteiger partial charge >= 0.3 is 5.97 Å². The number of aryl methyl sites for hydroxylation is 1. The van der Waals surface area contributed by atoms with Gasteiger partial charge in [0.2, 0.25) is 0 Å². The van der Waals surface area contributed by atoms with Crippen molar-refractivity contribution in [2.24, 2.45) is 0 Å². The van der Waals surface area contributed by atoms with Gasteiger partial charge in [0, 0.05) is 0 Å². The molecule has 1 aliphatic heterocycles. The Morgan fingerprint density at radius 2 is 1.85 bits per heavy atom. The number of benzene rings is 2. The van der Waals surface area contributed by atoms with E-state index in [1.54, 1.807) is 12.1 Å². The summed E-state index contributed by atoms with van der Waals surface area (Å²) in [5, 5.41) is 8.88. The summed E-state index contributed by atoms with van der Waals surface area (Å²) in [5.74, 6) is 0.115. The Kier molecular flexibility index (Phi) is 3.42. The van der Waals surface area contributed by atoms with Crippen molar-refractivity contribution in [1.29, 1.82) is 0 Å². The van der Waals surface area contributed by atoms with Gasteiger partial charge in [0.1, 0.15) is 5.75 Å². The third kappa shape index (κ3) is 2.67. The summed E-state index contributed by atoms with van der Waals surface area (Å²) in [5.41, 5.74) is 3.95. The zero-order chi connectivity index (χ0) is 13.9. The van der Waals surface area contributed by atoms with Gasteiger partial charge in [0.05, 0.1) is 12.2 Å². The van der Waals surface area contributed by atoms with Crippen molar-refractivity contribution in [2.45, 2.75) is 19.3 Å². The molecule has 0 aliphatic carbocycles. The summed E-state index contributed by atoms with van der Waals surface area (Å²) in [7, 11) is 0. The molecule has 1 aliphatic rings. The molecule has 0 fully saturated rings. The van der Waals surface area contributed by atoms with Gasteiger partial charge in [-0.3, -0.25) is 0 Å². The molecular formula is C17H16O3. The summed E-state index contributed by atoms with van der Waals surface area (Å²) in [6, 6.07) is 13.4. The second-order valence-electron chi connectivity index (χ2n) is 5.07. The topological polar surface area (TPSA) is 46.5 Å². The van der Waals surface area contributed by atoms with Gasteiger partial charge in [0.15, 0.2) is 0 Å². The average molecular weight is 268 g/mol. The van der Waals surface area contributed by atoms with Gasteiger partial charge in [-0.05, 0) is 54.2 Å². The summed E-state index contributed by atoms with van der Waals surface area (Å²) in [6.07, 6.45) is 2.96. The first-order valence-corrected chi connectivity index (χ1v) is 6.79. The van der Waals surface area contributed by atoms with Crippen molar-refractivity contribution in [3.05, 3.63) is 64.7 Å². The van der Waals surface area contributed by atoms with Gasteiger partial charge < -0.3 is 9.84 Å². The van der Waals surface area contributed by atoms with Crippen LogP contribution in [0.4, 0.5) is 0 Å². The van der Waals surface area contributed by atoms with Crippen molar-refractivity contribution >= 4 is 5.97 Å². The fourth-order valence-corrected chi connectivity index (χ4v) is 2.52. The van der Waals surface area contributed by atoms with Crippen molar-refractivity contribution in [1.82, 2.24) is 0 Å². The lowest BCUT2D eigenvalue weighted by Crippen LogP contribution is -2.08. The molecule has 0 bridgehead atoms. The van der Waals surface area contributed by atoms with Crippen LogP contribution in [0.5, 0.6) is 5.75 Å². The smallest absolute Gasteiger partial charge is 0.335 e. The van der Waals surface area contributed by atoms with Crippen molar-refractivity contribution in [2.75, 3.05) is 6.61 Å². The van der Waals surface area contributed by atoms with Gasteiger partial charge in [-0.15, -0.1) is 0 Å². The molecule has 20 heavy (non-hydrogen) atoms. The fraction of sp³-hybridized carbons (Fsp3) is 0.235. The summed E-state index contributed by atoms with van der Waals surface area (Å²) in [4.78, 5) is 10.8. The number of hydrogen-bond acceptors (Lipinski definition) is 2. The van der Waals surface area contributed by atoms with Crippen LogP contribution in [0, 0.1) is 0 Å². The number of aromatic carboxylic acids is 1. The molecule has 0 aromatic heterocycles. The molecule has 1 N–H and O–H groups in total. The summed E-state index contributed by atoms with van der Waals surface area (Å²) < 4.78 is 5.61. The average Bonchev–Trinajstić information content (AvgIpc) is 2.48. The van der Waals surface area contributed by atoms with E-state index in [4.69, 9.17) is 9.84 Å². The maximum Gasteiger partial charge on any atom is 0.335 e. The number of carboxylic acids is 1. The van der Waals surface area contributed by atoms with Crippen LogP contribution in [0.1, 0.15) is 33.5 Å². The van der Waals surface area contributed by atoms with E-state index in [1.165, 1.54) is 11.1 Å². The van der Waals surface area contributed by atoms with Crippen molar-refractivity contribution < 1.29 is 14.6 Å². The Balaban J connectivity index is 1.78. The SMILES string of the molecule is O=C(O)c1ccc(Cc2ccc3c(c2)CCCO3)cc1. The van der Waals surface area contributed by atoms with Gasteiger partial charge in [-0.2, -0.15) is 0 Å². The van der Waals surface area contributed by atoms with E-state index >= 15 is 0 Å². The van der Waals surface area contributed by atoms with Crippen LogP contribution in [0.3, 0.4) is 0 Å². The molecule has 3 nitrogen and oxygen atoms in total. The van der Waals surface area contributed by atoms with Gasteiger partial charge in [-0.25, -0.2) is 4.79 Å². The molecule has 0 spiro atoms. The molecule has 0 saturated heterocycles. The molecule has 0 amide bonds. The number of hydrogen-bond donors (Lipinski definition) is 1. The lowest BCUT2D eigenvalue weighted by molar-refractivity contribution is 0.0697. The number of fused-ring (bicyclic) bond motifs is 1. The molecule has 102 valence electrons. The maximum absolute atomic E-state index is 10.8. The van der Waals surface area contributed by atoms with E-state index in [9.17, 15) is 4.79 Å². The number of carboxylic acid groups (broad SMARTS) is 1. The normalized spacial score (nSPS) is 13.4. The van der Waals surface area contributed by atoms with Crippen LogP contribution < -0.4 is 4.74 Å². The first-order valence-electron chi connectivity index (χ1n) is 6.79. The largest absolute Gasteiger partial charge is 0.493 e. The van der Waals surface area contributed by atoms with E-state index in [2.05, 4.69) is 12.1 Å². The standard InChI is InChI=1S/C17H16O3/c18-17(19)14-6-3-12(4-7-14)10-13-5-8-16-15(11-13)2-1-9-20-16/h3-8,11H,1-2,9-10H2,(H,18,19). The van der Waals surface area contributed by atoms with Crippen LogP contribution in [0.15, 0.2) is 42.5 Å². The van der Waals surface area contributed by atoms with Crippen molar-refractivity contribution in [3.8, 4) is 5.75 Å². The Bertz CT molecular complexity index is 629. The molecule has 3 rings (SSSR count). The van der Waals surface area contributed by atoms with Crippen LogP contribution in [-0.2, 0) is 12.8 Å². The monoisotopic (exact) mass is 268 g/mol. The maximum atomic E-state index is 10.8. The predicted octanol–water partition coefficient (Wildman–Crippen LogP) is 3.30. The predicted molar refractivity (Wildman–Crippen MR) is 76.5 cm³/mol. The lowest BCUT2D eigenvalue weighted by Gasteiger charge is -2.17. The molecular weight excluding hydrogens is 252 g/mol. The van der Waals surface area contributed by atoms with E-state index in [0.29, 0.717) is 5.56 Å². The molecule has 0 unspecified atom stereocenters. The van der Waals surface area contributed by atoms with Crippen LogP contribution in [-0.4, -0.2) is 17.7 Å². The van der Waals surface area contributed by atoms with Gasteiger partial charge in [0.25, 0.3) is 0 Å². The minimum absolute atomic E-state index is 0.326. The number of rotatable bonds is 3. The third-order valence-corrected chi connectivity index (χ3v) is 3.58. The quantitative estimate of drug-likeness (QED) is 0.929. The second kappa shape index (κ2) is 5.37. The Morgan fingerprint density at radius 1 is 1.10 bits per heavy atom. The first-order chi connectivity index (χ1) is 9.72. The molecule has 1 heterocycles. The zero-order valence-electron chi connectivity index (χ0n) is 11.1. The molecule has 3 heteroatoms. The van der Waals surface area contributed by atoms with Gasteiger partial charge in [-0.1, -0.05) is 24.3 Å². The number of ether oxygens (including phenoxy) is 1. The van der Waals surface area contributed by atoms with E-state index < -0.39 is 5.97 Å². The van der Waals surface area contributed by atoms with Crippen LogP contribution >= 0.6 is 0 Å². The second-order valence-corrected chi connectivity index (χ2v) is 5.07. The van der Waals surface area contributed by atoms with Crippen LogP contribution in [0.25, 0.3) is 0 Å². The molecule has 0 radical (unpaired) electrons. The highest BCUT2D eigenvalue weighted by molar-refractivity contribution is 5.87. The zero-order valence-corrected chi connectivity index (χ0v) is 11.1. The highest BCUT2D eigenvalue weighted by atomic mass is 16.5. The van der Waals surface area contributed by atoms with Crippen molar-refractivity contribution in [3.63, 3.8) is 0 Å². The number of carbonyl (C=O) groups is 1. The molecule has 2 aromatic rings. The molecule has 2 aromatic carbocycles. The third-order valence-electron chi connectivity index (χ3n) is 3.58. The fourth-order valence-electron chi connectivity index (χ4n) is 2.52. The Labute approximate surface area is 117 Å². The molecule has 0 saturated carbocycles. The highest BCUT2D eigenvalue weighted by Crippen LogP contribution is 2.26. The van der Waals surface area contributed by atoms with E-state index in [1.807, 2.05) is 18.2 Å². The lowest BCUT2D eigenvalue weighted by atomic mass is 9.98. The van der Waals surface area contributed by atoms with E-state index in [-0.39, 0.29) is 0 Å². The minimum atomic E-state index is -0.887.